The Labute approximate surface area is 108 Å². The first kappa shape index (κ1) is 14.8. The highest BCUT2D eigenvalue weighted by atomic mass is 32.2. The molecule has 5 heteroatoms. The normalized spacial score (nSPS) is 24.8. The molecule has 0 saturated carbocycles. The van der Waals surface area contributed by atoms with Crippen LogP contribution in [0.1, 0.15) is 20.8 Å². The van der Waals surface area contributed by atoms with Crippen molar-refractivity contribution in [1.29, 1.82) is 0 Å². The number of amides is 1. The summed E-state index contributed by atoms with van der Waals surface area (Å²) in [6.07, 6.45) is 0. The number of ether oxygens (including phenoxy) is 1. The van der Waals surface area contributed by atoms with E-state index in [1.54, 1.807) is 4.90 Å². The van der Waals surface area contributed by atoms with Crippen LogP contribution < -0.4 is 0 Å². The minimum Gasteiger partial charge on any atom is -0.381 e. The monoisotopic (exact) mass is 261 g/mol. The molecule has 100 valence electrons. The van der Waals surface area contributed by atoms with Crippen LogP contribution in [0.4, 0.5) is 0 Å². The third-order valence-electron chi connectivity index (χ3n) is 3.01. The number of carbonyl (C=O) groups excluding carboxylic acids is 1. The number of nitrogens with zero attached hydrogens (tertiary/aromatic N) is 1. The maximum Gasteiger partial charge on any atom is 0.256 e. The lowest BCUT2D eigenvalue weighted by molar-refractivity contribution is -0.154. The number of carbonyl (C=O) groups is 1. The first-order valence-electron chi connectivity index (χ1n) is 6.00. The molecular weight excluding hydrogens is 238 g/mol. The van der Waals surface area contributed by atoms with Gasteiger partial charge in [0.25, 0.3) is 5.91 Å². The third kappa shape index (κ3) is 3.86. The summed E-state index contributed by atoms with van der Waals surface area (Å²) in [4.78, 5) is 13.9. The average molecular weight is 261 g/mol. The number of rotatable bonds is 4. The van der Waals surface area contributed by atoms with Gasteiger partial charge in [-0.3, -0.25) is 4.79 Å². The Morgan fingerprint density at radius 3 is 2.82 bits per heavy atom. The number of hydrogen-bond donors (Lipinski definition) is 1. The van der Waals surface area contributed by atoms with E-state index in [9.17, 15) is 9.90 Å². The van der Waals surface area contributed by atoms with Gasteiger partial charge < -0.3 is 14.7 Å². The summed E-state index contributed by atoms with van der Waals surface area (Å²) < 4.78 is 4.89. The molecular formula is C12H23NO3S. The van der Waals surface area contributed by atoms with Gasteiger partial charge in [-0.2, -0.15) is 11.8 Å². The number of thioether (sulfide) groups is 1. The van der Waals surface area contributed by atoms with Crippen LogP contribution in [0.15, 0.2) is 0 Å². The number of aliphatic hydroxyl groups is 1. The van der Waals surface area contributed by atoms with E-state index < -0.39 is 5.60 Å². The standard InChI is InChI=1S/C12H23NO3S/c1-9(2)10-7-13(5-6-17-10)11(14)12(3,15)8-16-4/h9-10,15H,5-8H2,1-4H3/t10-,12+/m0/s1. The first-order valence-corrected chi connectivity index (χ1v) is 7.05. The van der Waals surface area contributed by atoms with Gasteiger partial charge >= 0.3 is 0 Å². The van der Waals surface area contributed by atoms with E-state index in [4.69, 9.17) is 4.74 Å². The van der Waals surface area contributed by atoms with Crippen LogP contribution in [0.2, 0.25) is 0 Å². The summed E-state index contributed by atoms with van der Waals surface area (Å²) in [6.45, 7) is 7.33. The molecule has 1 heterocycles. The van der Waals surface area contributed by atoms with E-state index in [-0.39, 0.29) is 12.5 Å². The lowest BCUT2D eigenvalue weighted by Gasteiger charge is -2.37. The molecule has 17 heavy (non-hydrogen) atoms. The highest BCUT2D eigenvalue weighted by molar-refractivity contribution is 8.00. The molecule has 0 bridgehead atoms. The van der Waals surface area contributed by atoms with Crippen LogP contribution in [0.25, 0.3) is 0 Å². The molecule has 0 aromatic carbocycles. The summed E-state index contributed by atoms with van der Waals surface area (Å²) in [7, 11) is 1.49. The lowest BCUT2D eigenvalue weighted by atomic mass is 10.0. The fourth-order valence-corrected chi connectivity index (χ4v) is 3.25. The Bertz CT molecular complexity index is 268. The van der Waals surface area contributed by atoms with Crippen molar-refractivity contribution >= 4 is 17.7 Å². The predicted molar refractivity (Wildman–Crippen MR) is 70.2 cm³/mol. The summed E-state index contributed by atoms with van der Waals surface area (Å²) in [5.41, 5.74) is -1.40. The molecule has 1 N–H and O–H groups in total. The van der Waals surface area contributed by atoms with Gasteiger partial charge in [-0.15, -0.1) is 0 Å². The van der Waals surface area contributed by atoms with Crippen molar-refractivity contribution in [3.05, 3.63) is 0 Å². The molecule has 1 amide bonds. The maximum atomic E-state index is 12.2. The van der Waals surface area contributed by atoms with Crippen molar-refractivity contribution in [2.75, 3.05) is 32.6 Å². The zero-order chi connectivity index (χ0) is 13.1. The van der Waals surface area contributed by atoms with Crippen LogP contribution >= 0.6 is 11.8 Å². The molecule has 0 aromatic heterocycles. The fourth-order valence-electron chi connectivity index (χ4n) is 1.95. The summed E-state index contributed by atoms with van der Waals surface area (Å²) >= 11 is 1.91. The zero-order valence-corrected chi connectivity index (χ0v) is 11.9. The van der Waals surface area contributed by atoms with Crippen LogP contribution in [0.3, 0.4) is 0 Å². The molecule has 0 unspecified atom stereocenters. The predicted octanol–water partition coefficient (Wildman–Crippen LogP) is 0.984. The smallest absolute Gasteiger partial charge is 0.256 e. The summed E-state index contributed by atoms with van der Waals surface area (Å²) in [5, 5.41) is 10.5. The molecule has 1 fully saturated rings. The van der Waals surface area contributed by atoms with Crippen LogP contribution in [-0.4, -0.2) is 59.3 Å². The van der Waals surface area contributed by atoms with Crippen molar-refractivity contribution < 1.29 is 14.6 Å². The highest BCUT2D eigenvalue weighted by Crippen LogP contribution is 2.26. The van der Waals surface area contributed by atoms with Gasteiger partial charge in [-0.1, -0.05) is 13.8 Å². The molecule has 4 nitrogen and oxygen atoms in total. The Balaban J connectivity index is 2.63. The summed E-state index contributed by atoms with van der Waals surface area (Å²) in [5.74, 6) is 1.27. The molecule has 0 spiro atoms. The van der Waals surface area contributed by atoms with Gasteiger partial charge in [-0.05, 0) is 12.8 Å². The third-order valence-corrected chi connectivity index (χ3v) is 4.55. The van der Waals surface area contributed by atoms with Crippen molar-refractivity contribution in [3.63, 3.8) is 0 Å². The number of methoxy groups -OCH3 is 1. The zero-order valence-electron chi connectivity index (χ0n) is 11.1. The van der Waals surface area contributed by atoms with Gasteiger partial charge in [0.2, 0.25) is 0 Å². The van der Waals surface area contributed by atoms with E-state index in [1.165, 1.54) is 14.0 Å². The Kier molecular flexibility index (Phi) is 5.28. The van der Waals surface area contributed by atoms with E-state index in [0.717, 1.165) is 12.3 Å². The van der Waals surface area contributed by atoms with Crippen molar-refractivity contribution in [2.24, 2.45) is 5.92 Å². The molecule has 1 aliphatic heterocycles. The first-order chi connectivity index (χ1) is 7.88. The maximum absolute atomic E-state index is 12.2. The minimum absolute atomic E-state index is 0.0435. The quantitative estimate of drug-likeness (QED) is 0.820. The molecule has 1 aliphatic rings. The van der Waals surface area contributed by atoms with Crippen molar-refractivity contribution in [3.8, 4) is 0 Å². The summed E-state index contributed by atoms with van der Waals surface area (Å²) in [6, 6.07) is 0. The van der Waals surface area contributed by atoms with Gasteiger partial charge in [0.05, 0.1) is 6.61 Å². The highest BCUT2D eigenvalue weighted by Gasteiger charge is 2.37. The van der Waals surface area contributed by atoms with E-state index in [0.29, 0.717) is 17.7 Å². The second kappa shape index (κ2) is 6.07. The minimum atomic E-state index is -1.40. The molecule has 0 aliphatic carbocycles. The van der Waals surface area contributed by atoms with Crippen LogP contribution in [-0.2, 0) is 9.53 Å². The van der Waals surface area contributed by atoms with E-state index in [1.807, 2.05) is 11.8 Å². The average Bonchev–Trinajstić information content (AvgIpc) is 2.28. The molecule has 0 aromatic rings. The van der Waals surface area contributed by atoms with Crippen molar-refractivity contribution in [2.45, 2.75) is 31.6 Å². The molecule has 2 atom stereocenters. The second-order valence-corrected chi connectivity index (χ2v) is 6.46. The largest absolute Gasteiger partial charge is 0.381 e. The Hall–Kier alpha value is -0.260. The molecule has 0 radical (unpaired) electrons. The van der Waals surface area contributed by atoms with Crippen LogP contribution in [0, 0.1) is 5.92 Å². The topological polar surface area (TPSA) is 49.8 Å². The molecule has 1 saturated heterocycles. The molecule has 1 rings (SSSR count). The Morgan fingerprint density at radius 1 is 1.65 bits per heavy atom. The van der Waals surface area contributed by atoms with Crippen LogP contribution in [0.5, 0.6) is 0 Å². The van der Waals surface area contributed by atoms with Crippen molar-refractivity contribution in [1.82, 2.24) is 4.90 Å². The lowest BCUT2D eigenvalue weighted by Crippen LogP contribution is -2.54. The van der Waals surface area contributed by atoms with Gasteiger partial charge in [0, 0.05) is 31.2 Å². The van der Waals surface area contributed by atoms with Gasteiger partial charge in [-0.25, -0.2) is 0 Å². The fraction of sp³-hybridized carbons (Fsp3) is 0.917. The van der Waals surface area contributed by atoms with E-state index in [2.05, 4.69) is 13.8 Å². The second-order valence-electron chi connectivity index (χ2n) is 5.11. The number of hydrogen-bond acceptors (Lipinski definition) is 4. The SMILES string of the molecule is COC[C@@](C)(O)C(=O)N1CCS[C@H](C(C)C)C1. The van der Waals surface area contributed by atoms with Gasteiger partial charge in [0.1, 0.15) is 0 Å². The van der Waals surface area contributed by atoms with Gasteiger partial charge in [0.15, 0.2) is 5.60 Å². The Morgan fingerprint density at radius 2 is 2.29 bits per heavy atom. The van der Waals surface area contributed by atoms with E-state index >= 15 is 0 Å².